The maximum Gasteiger partial charge on any atom is 0.0723 e. The van der Waals surface area contributed by atoms with E-state index in [1.54, 1.807) is 0 Å². The van der Waals surface area contributed by atoms with Crippen molar-refractivity contribution in [1.29, 1.82) is 0 Å². The van der Waals surface area contributed by atoms with Gasteiger partial charge < -0.3 is 9.97 Å². The molecule has 30 heavy (non-hydrogen) atoms. The number of pyridine rings is 1. The fourth-order valence-corrected chi connectivity index (χ4v) is 3.75. The Morgan fingerprint density at radius 2 is 1.27 bits per heavy atom. The third-order valence-corrected chi connectivity index (χ3v) is 5.11. The molecule has 6 heterocycles. The molecule has 2 N–H and O–H groups in total. The van der Waals surface area contributed by atoms with Crippen LogP contribution in [0.5, 0.6) is 0 Å². The lowest BCUT2D eigenvalue weighted by Gasteiger charge is -1.96. The SMILES string of the molecule is C1=Cc2cc3ccc(cc4cc(-c5ccccn5)c(cc5nc(cc1n2)C=C5)[nH]4)[nH]3. The summed E-state index contributed by atoms with van der Waals surface area (Å²) in [5, 5.41) is 0. The van der Waals surface area contributed by atoms with Gasteiger partial charge in [0.2, 0.25) is 0 Å². The van der Waals surface area contributed by atoms with Gasteiger partial charge in [0.15, 0.2) is 0 Å². The summed E-state index contributed by atoms with van der Waals surface area (Å²) in [7, 11) is 0. The topological polar surface area (TPSA) is 70.2 Å². The number of nitrogens with one attached hydrogen (secondary N) is 2. The highest BCUT2D eigenvalue weighted by Crippen LogP contribution is 2.26. The molecule has 0 saturated carbocycles. The van der Waals surface area contributed by atoms with E-state index in [4.69, 9.17) is 4.98 Å². The molecule has 0 aromatic carbocycles. The van der Waals surface area contributed by atoms with E-state index in [1.807, 2.05) is 60.8 Å². The van der Waals surface area contributed by atoms with Crippen LogP contribution in [0.2, 0.25) is 0 Å². The van der Waals surface area contributed by atoms with Gasteiger partial charge >= 0.3 is 0 Å². The first-order valence-electron chi connectivity index (χ1n) is 9.78. The zero-order valence-electron chi connectivity index (χ0n) is 16.0. The summed E-state index contributed by atoms with van der Waals surface area (Å²) in [5.74, 6) is 0. The summed E-state index contributed by atoms with van der Waals surface area (Å²) in [6.07, 6.45) is 9.86. The van der Waals surface area contributed by atoms with Gasteiger partial charge in [-0.15, -0.1) is 0 Å². The van der Waals surface area contributed by atoms with Crippen LogP contribution < -0.4 is 0 Å². The summed E-state index contributed by atoms with van der Waals surface area (Å²) < 4.78 is 0. The third-order valence-electron chi connectivity index (χ3n) is 5.11. The van der Waals surface area contributed by atoms with Crippen molar-refractivity contribution < 1.29 is 0 Å². The zero-order valence-corrected chi connectivity index (χ0v) is 16.0. The van der Waals surface area contributed by atoms with Crippen molar-refractivity contribution in [2.45, 2.75) is 0 Å². The Morgan fingerprint density at radius 1 is 0.567 bits per heavy atom. The predicted octanol–water partition coefficient (Wildman–Crippen LogP) is 5.72. The van der Waals surface area contributed by atoms with Gasteiger partial charge in [-0.2, -0.15) is 0 Å². The van der Waals surface area contributed by atoms with Gasteiger partial charge in [0.1, 0.15) is 0 Å². The highest BCUT2D eigenvalue weighted by Gasteiger charge is 2.07. The standard InChI is InChI=1S/C25H17N5/c1-2-10-26-24(3-1)23-14-22-13-20-7-6-18(28-20)11-16-4-5-17(27-16)12-19-8-9-21(29-19)15-25(23)30-22/h1-15,28,30H. The Balaban J connectivity index is 1.69. The first kappa shape index (κ1) is 16.7. The quantitative estimate of drug-likeness (QED) is 0.379. The molecule has 142 valence electrons. The van der Waals surface area contributed by atoms with Crippen molar-refractivity contribution in [3.63, 3.8) is 0 Å². The molecule has 0 radical (unpaired) electrons. The van der Waals surface area contributed by atoms with Gasteiger partial charge in [-0.3, -0.25) is 4.98 Å². The highest BCUT2D eigenvalue weighted by atomic mass is 14.8. The van der Waals surface area contributed by atoms with Crippen molar-refractivity contribution >= 4 is 46.4 Å². The molecular formula is C25H17N5. The van der Waals surface area contributed by atoms with E-state index in [0.717, 1.165) is 56.1 Å². The second-order valence-corrected chi connectivity index (χ2v) is 7.30. The van der Waals surface area contributed by atoms with Crippen LogP contribution in [0.1, 0.15) is 22.8 Å². The molecule has 0 unspecified atom stereocenters. The van der Waals surface area contributed by atoms with Crippen molar-refractivity contribution in [2.24, 2.45) is 0 Å². The third kappa shape index (κ3) is 3.12. The van der Waals surface area contributed by atoms with E-state index in [2.05, 4.69) is 50.3 Å². The second-order valence-electron chi connectivity index (χ2n) is 7.30. The maximum atomic E-state index is 4.74. The van der Waals surface area contributed by atoms with Crippen LogP contribution >= 0.6 is 0 Å². The lowest BCUT2D eigenvalue weighted by atomic mass is 10.1. The molecule has 8 bridgehead atoms. The van der Waals surface area contributed by atoms with Crippen molar-refractivity contribution in [3.05, 3.63) is 89.6 Å². The number of aromatic amines is 2. The minimum Gasteiger partial charge on any atom is -0.355 e. The maximum absolute atomic E-state index is 4.74. The lowest BCUT2D eigenvalue weighted by molar-refractivity contribution is 1.28. The van der Waals surface area contributed by atoms with Crippen LogP contribution in [0, 0.1) is 0 Å². The van der Waals surface area contributed by atoms with Gasteiger partial charge in [0.05, 0.1) is 34.0 Å². The molecule has 0 saturated heterocycles. The zero-order chi connectivity index (χ0) is 19.9. The molecule has 0 amide bonds. The average molecular weight is 387 g/mol. The molecule has 4 aromatic heterocycles. The molecule has 2 aliphatic heterocycles. The van der Waals surface area contributed by atoms with E-state index in [-0.39, 0.29) is 0 Å². The van der Waals surface area contributed by atoms with E-state index >= 15 is 0 Å². The Morgan fingerprint density at radius 3 is 2.00 bits per heavy atom. The Kier molecular flexibility index (Phi) is 3.71. The largest absolute Gasteiger partial charge is 0.355 e. The monoisotopic (exact) mass is 387 g/mol. The van der Waals surface area contributed by atoms with Crippen LogP contribution in [-0.4, -0.2) is 24.9 Å². The molecule has 0 fully saturated rings. The minimum absolute atomic E-state index is 0.887. The Hall–Kier alpha value is -4.25. The van der Waals surface area contributed by atoms with Crippen molar-refractivity contribution in [2.75, 3.05) is 0 Å². The van der Waals surface area contributed by atoms with Gasteiger partial charge in [-0.05, 0) is 78.9 Å². The van der Waals surface area contributed by atoms with Gasteiger partial charge in [-0.25, -0.2) is 9.97 Å². The van der Waals surface area contributed by atoms with Crippen LogP contribution in [-0.2, 0) is 0 Å². The van der Waals surface area contributed by atoms with Gasteiger partial charge in [0.25, 0.3) is 0 Å². The number of hydrogen-bond donors (Lipinski definition) is 2. The summed E-state index contributed by atoms with van der Waals surface area (Å²) in [6.45, 7) is 0. The second kappa shape index (κ2) is 6.67. The number of H-pyrrole nitrogens is 2. The molecule has 2 aliphatic rings. The fraction of sp³-hybridized carbons (Fsp3) is 0. The first-order valence-corrected chi connectivity index (χ1v) is 9.78. The van der Waals surface area contributed by atoms with Crippen molar-refractivity contribution in [3.8, 4) is 11.3 Å². The Labute approximate surface area is 172 Å². The molecule has 4 aromatic rings. The van der Waals surface area contributed by atoms with Crippen LogP contribution in [0.15, 0.2) is 66.9 Å². The van der Waals surface area contributed by atoms with Crippen LogP contribution in [0.4, 0.5) is 0 Å². The van der Waals surface area contributed by atoms with Crippen molar-refractivity contribution in [1.82, 2.24) is 24.9 Å². The van der Waals surface area contributed by atoms with Gasteiger partial charge in [0, 0.05) is 28.3 Å². The lowest BCUT2D eigenvalue weighted by Crippen LogP contribution is -1.80. The van der Waals surface area contributed by atoms with E-state index < -0.39 is 0 Å². The number of fused-ring (bicyclic) bond motifs is 8. The molecular weight excluding hydrogens is 370 g/mol. The number of rotatable bonds is 1. The van der Waals surface area contributed by atoms with Crippen LogP contribution in [0.3, 0.4) is 0 Å². The summed E-state index contributed by atoms with van der Waals surface area (Å²) >= 11 is 0. The molecule has 0 spiro atoms. The average Bonchev–Trinajstić information content (AvgIpc) is 3.53. The highest BCUT2D eigenvalue weighted by molar-refractivity contribution is 5.86. The summed E-state index contributed by atoms with van der Waals surface area (Å²) in [5.41, 5.74) is 9.54. The predicted molar refractivity (Wildman–Crippen MR) is 122 cm³/mol. The van der Waals surface area contributed by atoms with Crippen LogP contribution in [0.25, 0.3) is 57.6 Å². The summed E-state index contributed by atoms with van der Waals surface area (Å²) in [4.78, 5) is 20.9. The first-order chi connectivity index (χ1) is 14.8. The number of nitrogens with zero attached hydrogens (tertiary/aromatic N) is 3. The smallest absolute Gasteiger partial charge is 0.0723 e. The number of hydrogen-bond acceptors (Lipinski definition) is 3. The fourth-order valence-electron chi connectivity index (χ4n) is 3.75. The molecule has 0 atom stereocenters. The van der Waals surface area contributed by atoms with Gasteiger partial charge in [-0.1, -0.05) is 6.07 Å². The van der Waals surface area contributed by atoms with E-state index in [1.165, 1.54) is 0 Å². The number of aromatic nitrogens is 5. The van der Waals surface area contributed by atoms with E-state index in [0.29, 0.717) is 0 Å². The summed E-state index contributed by atoms with van der Waals surface area (Å²) in [6, 6.07) is 20.4. The van der Waals surface area contributed by atoms with E-state index in [9.17, 15) is 0 Å². The minimum atomic E-state index is 0.887. The molecule has 5 nitrogen and oxygen atoms in total. The molecule has 6 rings (SSSR count). The molecule has 5 heteroatoms. The normalized spacial score (nSPS) is 12.4. The Bertz CT molecular complexity index is 1490. The molecule has 0 aliphatic carbocycles.